The van der Waals surface area contributed by atoms with Gasteiger partial charge >= 0.3 is 5.97 Å². The number of anilines is 1. The number of carboxylic acid groups (broad SMARTS) is 1. The number of benzene rings is 2. The number of aromatic nitrogens is 2. The lowest BCUT2D eigenvalue weighted by atomic mass is 9.94. The normalized spacial score (nSPS) is 10.6. The van der Waals surface area contributed by atoms with Crippen LogP contribution in [0.1, 0.15) is 32.7 Å². The minimum Gasteiger partial charge on any atom is -0.481 e. The third-order valence-electron chi connectivity index (χ3n) is 6.22. The van der Waals surface area contributed by atoms with Crippen LogP contribution in [-0.2, 0) is 11.2 Å². The van der Waals surface area contributed by atoms with Crippen LogP contribution in [0.4, 0.5) is 5.69 Å². The fourth-order valence-electron chi connectivity index (χ4n) is 4.18. The number of carbonyl (C=O) groups excluding carboxylic acids is 2. The van der Waals surface area contributed by atoms with Crippen LogP contribution in [0.5, 0.6) is 0 Å². The molecule has 0 saturated carbocycles. The summed E-state index contributed by atoms with van der Waals surface area (Å²) in [7, 11) is 1.68. The maximum atomic E-state index is 13.8. The molecule has 0 bridgehead atoms. The molecule has 2 heterocycles. The molecule has 0 spiro atoms. The molecule has 192 valence electrons. The minimum atomic E-state index is -0.980. The summed E-state index contributed by atoms with van der Waals surface area (Å²) in [5.74, 6) is -1.52. The molecule has 0 radical (unpaired) electrons. The largest absolute Gasteiger partial charge is 0.481 e. The molecule has 0 aliphatic carbocycles. The second-order valence-electron chi connectivity index (χ2n) is 8.71. The van der Waals surface area contributed by atoms with E-state index in [1.807, 2.05) is 30.3 Å². The topological polar surface area (TPSA) is 104 Å². The minimum absolute atomic E-state index is 0.0626. The third-order valence-corrected chi connectivity index (χ3v) is 6.22. The van der Waals surface area contributed by atoms with E-state index in [2.05, 4.69) is 9.97 Å². The Morgan fingerprint density at radius 1 is 0.737 bits per heavy atom. The van der Waals surface area contributed by atoms with Crippen molar-refractivity contribution in [1.29, 1.82) is 0 Å². The highest BCUT2D eigenvalue weighted by molar-refractivity contribution is 6.11. The molecule has 2 amide bonds. The summed E-state index contributed by atoms with van der Waals surface area (Å²) in [5, 5.41) is 9.28. The molecular formula is C30H28N4O4. The van der Waals surface area contributed by atoms with Gasteiger partial charge in [0.2, 0.25) is 0 Å². The number of aliphatic carboxylic acids is 1. The fraction of sp³-hybridized carbons (Fsp3) is 0.167. The molecule has 1 N–H and O–H groups in total. The van der Waals surface area contributed by atoms with Crippen molar-refractivity contribution in [3.05, 3.63) is 114 Å². The standard InChI is InChI=1S/C30H28N4O4/c1-33(23-9-7-17-32-21-23)29(37)26-12-4-2-10-24(26)25-11-3-5-13-27(25)30(38)34(19-15-28(35)36)18-14-22-8-6-16-31-20-22/h2-13,16-17,20-21H,14-15,18-19H2,1H3,(H,35,36). The molecule has 8 heteroatoms. The molecule has 4 aromatic rings. The molecule has 2 aromatic carbocycles. The van der Waals surface area contributed by atoms with Crippen LogP contribution in [0.15, 0.2) is 97.6 Å². The molecular weight excluding hydrogens is 480 g/mol. The van der Waals surface area contributed by atoms with Crippen molar-refractivity contribution in [2.75, 3.05) is 25.0 Å². The highest BCUT2D eigenvalue weighted by atomic mass is 16.4. The average Bonchev–Trinajstić information content (AvgIpc) is 2.97. The van der Waals surface area contributed by atoms with Crippen molar-refractivity contribution >= 4 is 23.5 Å². The molecule has 0 fully saturated rings. The fourth-order valence-corrected chi connectivity index (χ4v) is 4.18. The van der Waals surface area contributed by atoms with Gasteiger partial charge in [-0.15, -0.1) is 0 Å². The number of nitrogens with zero attached hydrogens (tertiary/aromatic N) is 4. The second kappa shape index (κ2) is 12.4. The zero-order chi connectivity index (χ0) is 26.9. The van der Waals surface area contributed by atoms with E-state index in [1.165, 1.54) is 4.90 Å². The van der Waals surface area contributed by atoms with Gasteiger partial charge in [0, 0.05) is 49.9 Å². The number of carboxylic acids is 1. The third kappa shape index (κ3) is 6.28. The van der Waals surface area contributed by atoms with E-state index in [0.29, 0.717) is 40.9 Å². The Labute approximate surface area is 221 Å². The van der Waals surface area contributed by atoms with Gasteiger partial charge in [0.25, 0.3) is 11.8 Å². The van der Waals surface area contributed by atoms with Gasteiger partial charge in [0.1, 0.15) is 0 Å². The van der Waals surface area contributed by atoms with Crippen molar-refractivity contribution < 1.29 is 19.5 Å². The Morgan fingerprint density at radius 3 is 1.92 bits per heavy atom. The van der Waals surface area contributed by atoms with Gasteiger partial charge in [0.15, 0.2) is 0 Å². The Balaban J connectivity index is 1.67. The summed E-state index contributed by atoms with van der Waals surface area (Å²) in [6.07, 6.45) is 7.02. The number of pyridine rings is 2. The Bertz CT molecular complexity index is 1410. The van der Waals surface area contributed by atoms with Crippen LogP contribution in [-0.4, -0.2) is 57.9 Å². The quantitative estimate of drug-likeness (QED) is 0.336. The van der Waals surface area contributed by atoms with Gasteiger partial charge in [-0.2, -0.15) is 0 Å². The SMILES string of the molecule is CN(C(=O)c1ccccc1-c1ccccc1C(=O)N(CCC(=O)O)CCc1cccnc1)c1cccnc1. The molecule has 0 unspecified atom stereocenters. The van der Waals surface area contributed by atoms with Crippen LogP contribution in [0.2, 0.25) is 0 Å². The van der Waals surface area contributed by atoms with Crippen molar-refractivity contribution in [3.8, 4) is 11.1 Å². The highest BCUT2D eigenvalue weighted by Crippen LogP contribution is 2.30. The van der Waals surface area contributed by atoms with Crippen LogP contribution in [0, 0.1) is 0 Å². The van der Waals surface area contributed by atoms with Crippen molar-refractivity contribution in [2.45, 2.75) is 12.8 Å². The summed E-state index contributed by atoms with van der Waals surface area (Å²) in [4.78, 5) is 50.0. The highest BCUT2D eigenvalue weighted by Gasteiger charge is 2.24. The molecule has 0 aliphatic rings. The zero-order valence-electron chi connectivity index (χ0n) is 21.0. The van der Waals surface area contributed by atoms with Crippen LogP contribution >= 0.6 is 0 Å². The van der Waals surface area contributed by atoms with Gasteiger partial charge < -0.3 is 14.9 Å². The predicted molar refractivity (Wildman–Crippen MR) is 145 cm³/mol. The smallest absolute Gasteiger partial charge is 0.305 e. The molecule has 8 nitrogen and oxygen atoms in total. The molecule has 38 heavy (non-hydrogen) atoms. The number of amides is 2. The Hall–Kier alpha value is -4.85. The van der Waals surface area contributed by atoms with Crippen LogP contribution in [0.3, 0.4) is 0 Å². The number of hydrogen-bond donors (Lipinski definition) is 1. The van der Waals surface area contributed by atoms with E-state index < -0.39 is 5.97 Å². The molecule has 2 aromatic heterocycles. The van der Waals surface area contributed by atoms with Crippen molar-refractivity contribution in [2.24, 2.45) is 0 Å². The molecule has 0 saturated heterocycles. The maximum absolute atomic E-state index is 13.8. The Morgan fingerprint density at radius 2 is 1.34 bits per heavy atom. The average molecular weight is 509 g/mol. The summed E-state index contributed by atoms with van der Waals surface area (Å²) in [5.41, 5.74) is 3.64. The lowest BCUT2D eigenvalue weighted by Crippen LogP contribution is -2.35. The first-order valence-electron chi connectivity index (χ1n) is 12.2. The van der Waals surface area contributed by atoms with Gasteiger partial charge in [-0.05, 0) is 53.4 Å². The number of rotatable bonds is 10. The lowest BCUT2D eigenvalue weighted by Gasteiger charge is -2.24. The van der Waals surface area contributed by atoms with Crippen LogP contribution in [0.25, 0.3) is 11.1 Å². The van der Waals surface area contributed by atoms with E-state index >= 15 is 0 Å². The summed E-state index contributed by atoms with van der Waals surface area (Å²) in [6.45, 7) is 0.392. The van der Waals surface area contributed by atoms with E-state index in [4.69, 9.17) is 0 Å². The van der Waals surface area contributed by atoms with Gasteiger partial charge in [0.05, 0.1) is 18.3 Å². The number of carbonyl (C=O) groups is 3. The lowest BCUT2D eigenvalue weighted by molar-refractivity contribution is -0.137. The first kappa shape index (κ1) is 26.2. The summed E-state index contributed by atoms with van der Waals surface area (Å²) in [6, 6.07) is 21.5. The number of hydrogen-bond acceptors (Lipinski definition) is 5. The van der Waals surface area contributed by atoms with Gasteiger partial charge in [-0.3, -0.25) is 24.4 Å². The van der Waals surface area contributed by atoms with E-state index in [1.54, 1.807) is 79.2 Å². The maximum Gasteiger partial charge on any atom is 0.305 e. The van der Waals surface area contributed by atoms with Gasteiger partial charge in [-0.25, -0.2) is 0 Å². The molecule has 0 atom stereocenters. The molecule has 0 aliphatic heterocycles. The van der Waals surface area contributed by atoms with E-state index in [0.717, 1.165) is 5.56 Å². The van der Waals surface area contributed by atoms with Crippen molar-refractivity contribution in [3.63, 3.8) is 0 Å². The zero-order valence-corrected chi connectivity index (χ0v) is 21.0. The van der Waals surface area contributed by atoms with Gasteiger partial charge in [-0.1, -0.05) is 42.5 Å². The first-order chi connectivity index (χ1) is 18.5. The second-order valence-corrected chi connectivity index (χ2v) is 8.71. The van der Waals surface area contributed by atoms with Crippen molar-refractivity contribution in [1.82, 2.24) is 14.9 Å². The first-order valence-corrected chi connectivity index (χ1v) is 12.2. The van der Waals surface area contributed by atoms with Crippen LogP contribution < -0.4 is 4.90 Å². The summed E-state index contributed by atoms with van der Waals surface area (Å²) < 4.78 is 0. The van der Waals surface area contributed by atoms with E-state index in [-0.39, 0.29) is 24.8 Å². The predicted octanol–water partition coefficient (Wildman–Crippen LogP) is 4.58. The summed E-state index contributed by atoms with van der Waals surface area (Å²) >= 11 is 0. The monoisotopic (exact) mass is 508 g/mol. The molecule has 4 rings (SSSR count). The Kier molecular flexibility index (Phi) is 8.56. The van der Waals surface area contributed by atoms with E-state index in [9.17, 15) is 19.5 Å².